The zero-order chi connectivity index (χ0) is 11.3. The molecular formula is C14H18O. The third-order valence-corrected chi connectivity index (χ3v) is 2.38. The van der Waals surface area contributed by atoms with E-state index in [1.165, 1.54) is 16.7 Å². The molecule has 1 heteroatoms. The molecule has 0 bridgehead atoms. The van der Waals surface area contributed by atoms with Gasteiger partial charge in [-0.3, -0.25) is 0 Å². The van der Waals surface area contributed by atoms with Crippen LogP contribution in [0.15, 0.2) is 30.9 Å². The van der Waals surface area contributed by atoms with Gasteiger partial charge in [-0.05, 0) is 43.5 Å². The van der Waals surface area contributed by atoms with Crippen molar-refractivity contribution < 1.29 is 4.74 Å². The predicted molar refractivity (Wildman–Crippen MR) is 66.3 cm³/mol. The normalized spacial score (nSPS) is 10.6. The number of rotatable bonds is 4. The van der Waals surface area contributed by atoms with Crippen molar-refractivity contribution in [2.45, 2.75) is 20.8 Å². The monoisotopic (exact) mass is 202 g/mol. The first-order valence-electron chi connectivity index (χ1n) is 5.22. The van der Waals surface area contributed by atoms with Gasteiger partial charge in [-0.1, -0.05) is 30.9 Å². The van der Waals surface area contributed by atoms with Gasteiger partial charge in [0, 0.05) is 0 Å². The summed E-state index contributed by atoms with van der Waals surface area (Å²) in [5, 5.41) is 0. The number of benzene rings is 1. The molecule has 0 aliphatic rings. The van der Waals surface area contributed by atoms with Gasteiger partial charge in [0.1, 0.15) is 5.75 Å². The molecule has 1 nitrogen and oxygen atoms in total. The SMILES string of the molecule is C=C/C=C\c1c(C)ccc(OCC)c1C. The zero-order valence-electron chi connectivity index (χ0n) is 9.71. The van der Waals surface area contributed by atoms with Crippen LogP contribution in [-0.4, -0.2) is 6.61 Å². The lowest BCUT2D eigenvalue weighted by Crippen LogP contribution is -1.96. The van der Waals surface area contributed by atoms with E-state index in [2.05, 4.69) is 32.6 Å². The van der Waals surface area contributed by atoms with Crippen molar-refractivity contribution in [1.29, 1.82) is 0 Å². The third kappa shape index (κ3) is 2.72. The highest BCUT2D eigenvalue weighted by Crippen LogP contribution is 2.25. The molecule has 0 atom stereocenters. The molecule has 0 aliphatic carbocycles. The molecule has 0 spiro atoms. The van der Waals surface area contributed by atoms with Crippen LogP contribution in [0.25, 0.3) is 6.08 Å². The van der Waals surface area contributed by atoms with Crippen LogP contribution >= 0.6 is 0 Å². The minimum Gasteiger partial charge on any atom is -0.494 e. The van der Waals surface area contributed by atoms with Gasteiger partial charge in [-0.2, -0.15) is 0 Å². The lowest BCUT2D eigenvalue weighted by molar-refractivity contribution is 0.337. The van der Waals surface area contributed by atoms with Gasteiger partial charge >= 0.3 is 0 Å². The molecular weight excluding hydrogens is 184 g/mol. The summed E-state index contributed by atoms with van der Waals surface area (Å²) in [4.78, 5) is 0. The van der Waals surface area contributed by atoms with Crippen molar-refractivity contribution >= 4 is 6.08 Å². The first-order chi connectivity index (χ1) is 7.20. The smallest absolute Gasteiger partial charge is 0.122 e. The van der Waals surface area contributed by atoms with Crippen LogP contribution in [0.5, 0.6) is 5.75 Å². The Labute approximate surface area is 92.1 Å². The van der Waals surface area contributed by atoms with Crippen LogP contribution in [0.4, 0.5) is 0 Å². The lowest BCUT2D eigenvalue weighted by atomic mass is 10.0. The molecule has 0 heterocycles. The molecule has 0 saturated heterocycles. The Morgan fingerprint density at radius 3 is 2.67 bits per heavy atom. The summed E-state index contributed by atoms with van der Waals surface area (Å²) < 4.78 is 5.55. The standard InChI is InChI=1S/C14H18O/c1-5-7-8-13-11(3)9-10-14(12(13)4)15-6-2/h5,7-10H,1,6H2,2-4H3/b8-7-. The van der Waals surface area contributed by atoms with Crippen LogP contribution in [0.2, 0.25) is 0 Å². The average Bonchev–Trinajstić information content (AvgIpc) is 2.22. The minimum atomic E-state index is 0.703. The van der Waals surface area contributed by atoms with Gasteiger partial charge in [0.15, 0.2) is 0 Å². The van der Waals surface area contributed by atoms with Crippen molar-refractivity contribution in [1.82, 2.24) is 0 Å². The highest BCUT2D eigenvalue weighted by atomic mass is 16.5. The molecule has 0 saturated carbocycles. The molecule has 0 unspecified atom stereocenters. The Morgan fingerprint density at radius 1 is 1.33 bits per heavy atom. The van der Waals surface area contributed by atoms with Crippen LogP contribution in [-0.2, 0) is 0 Å². The van der Waals surface area contributed by atoms with E-state index in [9.17, 15) is 0 Å². The lowest BCUT2D eigenvalue weighted by Gasteiger charge is -2.11. The molecule has 0 amide bonds. The Hall–Kier alpha value is -1.50. The van der Waals surface area contributed by atoms with Gasteiger partial charge in [-0.15, -0.1) is 0 Å². The molecule has 1 aromatic rings. The fourth-order valence-corrected chi connectivity index (χ4v) is 1.58. The van der Waals surface area contributed by atoms with Crippen LogP contribution in [0.1, 0.15) is 23.6 Å². The quantitative estimate of drug-likeness (QED) is 0.673. The molecule has 1 rings (SSSR count). The largest absolute Gasteiger partial charge is 0.494 e. The topological polar surface area (TPSA) is 9.23 Å². The third-order valence-electron chi connectivity index (χ3n) is 2.38. The first-order valence-corrected chi connectivity index (χ1v) is 5.22. The van der Waals surface area contributed by atoms with Crippen LogP contribution < -0.4 is 4.74 Å². The second-order valence-corrected chi connectivity index (χ2v) is 3.45. The summed E-state index contributed by atoms with van der Waals surface area (Å²) in [6.07, 6.45) is 5.80. The van der Waals surface area contributed by atoms with Gasteiger partial charge in [0.25, 0.3) is 0 Å². The number of hydrogen-bond donors (Lipinski definition) is 0. The van der Waals surface area contributed by atoms with Gasteiger partial charge in [0.05, 0.1) is 6.61 Å². The Balaban J connectivity index is 3.17. The molecule has 80 valence electrons. The van der Waals surface area contributed by atoms with E-state index in [1.807, 2.05) is 19.1 Å². The van der Waals surface area contributed by atoms with Crippen molar-refractivity contribution in [3.8, 4) is 5.75 Å². The van der Waals surface area contributed by atoms with Crippen molar-refractivity contribution in [3.05, 3.63) is 47.6 Å². The molecule has 15 heavy (non-hydrogen) atoms. The maximum atomic E-state index is 5.55. The summed E-state index contributed by atoms with van der Waals surface area (Å²) in [5.74, 6) is 0.965. The Kier molecular flexibility index (Phi) is 4.17. The zero-order valence-corrected chi connectivity index (χ0v) is 9.71. The van der Waals surface area contributed by atoms with E-state index in [0.717, 1.165) is 5.75 Å². The number of aryl methyl sites for hydroxylation is 1. The highest BCUT2D eigenvalue weighted by Gasteiger charge is 2.04. The summed E-state index contributed by atoms with van der Waals surface area (Å²) in [5.41, 5.74) is 3.67. The van der Waals surface area contributed by atoms with E-state index in [1.54, 1.807) is 6.08 Å². The molecule has 0 N–H and O–H groups in total. The maximum absolute atomic E-state index is 5.55. The van der Waals surface area contributed by atoms with E-state index < -0.39 is 0 Å². The van der Waals surface area contributed by atoms with Crippen molar-refractivity contribution in [2.24, 2.45) is 0 Å². The molecule has 0 radical (unpaired) electrons. The van der Waals surface area contributed by atoms with E-state index in [-0.39, 0.29) is 0 Å². The predicted octanol–water partition coefficient (Wildman–Crippen LogP) is 3.90. The molecule has 0 aliphatic heterocycles. The molecule has 1 aromatic carbocycles. The van der Waals surface area contributed by atoms with Crippen molar-refractivity contribution in [2.75, 3.05) is 6.61 Å². The highest BCUT2D eigenvalue weighted by molar-refractivity contribution is 5.62. The molecule has 0 fully saturated rings. The van der Waals surface area contributed by atoms with E-state index >= 15 is 0 Å². The van der Waals surface area contributed by atoms with Gasteiger partial charge in [-0.25, -0.2) is 0 Å². The van der Waals surface area contributed by atoms with Crippen LogP contribution in [0, 0.1) is 13.8 Å². The molecule has 0 aromatic heterocycles. The fraction of sp³-hybridized carbons (Fsp3) is 0.286. The summed E-state index contributed by atoms with van der Waals surface area (Å²) in [6, 6.07) is 4.11. The van der Waals surface area contributed by atoms with Gasteiger partial charge < -0.3 is 4.74 Å². The summed E-state index contributed by atoms with van der Waals surface area (Å²) in [6.45, 7) is 10.6. The van der Waals surface area contributed by atoms with E-state index in [4.69, 9.17) is 4.74 Å². The average molecular weight is 202 g/mol. The summed E-state index contributed by atoms with van der Waals surface area (Å²) in [7, 11) is 0. The number of allylic oxidation sites excluding steroid dienone is 2. The fourth-order valence-electron chi connectivity index (χ4n) is 1.58. The second kappa shape index (κ2) is 5.40. The maximum Gasteiger partial charge on any atom is 0.122 e. The summed E-state index contributed by atoms with van der Waals surface area (Å²) >= 11 is 0. The second-order valence-electron chi connectivity index (χ2n) is 3.45. The number of ether oxygens (including phenoxy) is 1. The van der Waals surface area contributed by atoms with Crippen LogP contribution in [0.3, 0.4) is 0 Å². The van der Waals surface area contributed by atoms with Gasteiger partial charge in [0.2, 0.25) is 0 Å². The minimum absolute atomic E-state index is 0.703. The first kappa shape index (κ1) is 11.6. The van der Waals surface area contributed by atoms with E-state index in [0.29, 0.717) is 6.61 Å². The number of hydrogen-bond acceptors (Lipinski definition) is 1. The Bertz CT molecular complexity index is 375. The van der Waals surface area contributed by atoms with Crippen molar-refractivity contribution in [3.63, 3.8) is 0 Å². The Morgan fingerprint density at radius 2 is 2.07 bits per heavy atom.